The van der Waals surface area contributed by atoms with Crippen LogP contribution in [0.1, 0.15) is 51.5 Å². The first-order chi connectivity index (χ1) is 16.4. The van der Waals surface area contributed by atoms with Crippen molar-refractivity contribution in [3.05, 3.63) is 36.3 Å². The second-order valence-electron chi connectivity index (χ2n) is 9.47. The smallest absolute Gasteiger partial charge is 0.309 e. The van der Waals surface area contributed by atoms with Gasteiger partial charge in [-0.05, 0) is 69.7 Å². The Bertz CT molecular complexity index is 1170. The number of nitrogens with zero attached hydrogens (tertiary/aromatic N) is 4. The van der Waals surface area contributed by atoms with Crippen LogP contribution < -0.4 is 10.6 Å². The first-order valence-corrected chi connectivity index (χ1v) is 11.8. The molecular weight excluding hydrogens is 439 g/mol. The van der Waals surface area contributed by atoms with Crippen LogP contribution in [0, 0.1) is 11.2 Å². The fraction of sp³-hybridized carbons (Fsp3) is 0.500. The van der Waals surface area contributed by atoms with Crippen molar-refractivity contribution < 1.29 is 19.0 Å². The number of halogens is 1. The Hall–Kier alpha value is -3.27. The summed E-state index contributed by atoms with van der Waals surface area (Å²) in [5.41, 5.74) is 1.33. The van der Waals surface area contributed by atoms with Crippen molar-refractivity contribution in [3.8, 4) is 0 Å². The third-order valence-electron chi connectivity index (χ3n) is 7.03. The molecule has 0 atom stereocenters. The van der Waals surface area contributed by atoms with Gasteiger partial charge in [0.05, 0.1) is 11.6 Å². The lowest BCUT2D eigenvalue weighted by Gasteiger charge is -2.35. The molecule has 10 heteroatoms. The van der Waals surface area contributed by atoms with Crippen LogP contribution in [0.5, 0.6) is 0 Å². The lowest BCUT2D eigenvalue weighted by atomic mass is 9.74. The molecule has 9 nitrogen and oxygen atoms in total. The molecule has 1 aliphatic carbocycles. The zero-order chi connectivity index (χ0) is 23.7. The zero-order valence-corrected chi connectivity index (χ0v) is 19.1. The highest BCUT2D eigenvalue weighted by Gasteiger charge is 2.39. The van der Waals surface area contributed by atoms with Crippen LogP contribution in [0.25, 0.3) is 11.2 Å². The molecule has 5 rings (SSSR count). The molecule has 1 saturated carbocycles. The third-order valence-corrected chi connectivity index (χ3v) is 7.03. The average Bonchev–Trinajstić information content (AvgIpc) is 3.19. The molecule has 180 valence electrons. The van der Waals surface area contributed by atoms with Gasteiger partial charge in [-0.1, -0.05) is 0 Å². The molecule has 0 unspecified atom stereocenters. The first-order valence-electron chi connectivity index (χ1n) is 11.8. The molecule has 1 saturated heterocycles. The van der Waals surface area contributed by atoms with E-state index in [1.54, 1.807) is 18.3 Å². The number of imidazole rings is 1. The van der Waals surface area contributed by atoms with Crippen LogP contribution >= 0.6 is 0 Å². The maximum Gasteiger partial charge on any atom is 0.309 e. The summed E-state index contributed by atoms with van der Waals surface area (Å²) in [6, 6.07) is 6.39. The van der Waals surface area contributed by atoms with Gasteiger partial charge in [0.25, 0.3) is 0 Å². The fourth-order valence-electron chi connectivity index (χ4n) is 4.79. The maximum absolute atomic E-state index is 13.4. The summed E-state index contributed by atoms with van der Waals surface area (Å²) in [6.07, 6.45) is 6.03. The van der Waals surface area contributed by atoms with E-state index in [0.717, 1.165) is 12.8 Å². The van der Waals surface area contributed by atoms with Crippen molar-refractivity contribution in [2.75, 3.05) is 23.8 Å². The monoisotopic (exact) mass is 468 g/mol. The van der Waals surface area contributed by atoms with Crippen LogP contribution in [0.2, 0.25) is 0 Å². The van der Waals surface area contributed by atoms with E-state index in [2.05, 4.69) is 20.2 Å². The Balaban J connectivity index is 1.49. The molecule has 3 N–H and O–H groups in total. The standard InChI is InChI=1S/C24H29FN6O3/c1-24(21(32)33)10-6-18(7-11-24)31-20-19(29-23(31)28-16-4-2-15(25)3-5-16)14-26-22(30-20)27-17-8-12-34-13-9-17/h2-5,14,17-18H,6-13H2,1H3,(H,28,29)(H,32,33)(H,26,27,30). The Labute approximate surface area is 196 Å². The number of anilines is 3. The number of ether oxygens (including phenoxy) is 1. The minimum atomic E-state index is -0.753. The number of carboxylic acids is 1. The van der Waals surface area contributed by atoms with Gasteiger partial charge in [0.15, 0.2) is 5.65 Å². The van der Waals surface area contributed by atoms with Crippen LogP contribution in [-0.2, 0) is 9.53 Å². The lowest BCUT2D eigenvalue weighted by Crippen LogP contribution is -2.33. The van der Waals surface area contributed by atoms with Crippen molar-refractivity contribution in [1.29, 1.82) is 0 Å². The predicted octanol–water partition coefficient (Wildman–Crippen LogP) is 4.51. The third kappa shape index (κ3) is 4.54. The molecule has 0 spiro atoms. The summed E-state index contributed by atoms with van der Waals surface area (Å²) in [5.74, 6) is 0.0634. The summed E-state index contributed by atoms with van der Waals surface area (Å²) in [4.78, 5) is 25.8. The molecule has 2 fully saturated rings. The average molecular weight is 469 g/mol. The minimum absolute atomic E-state index is 0.0335. The van der Waals surface area contributed by atoms with Crippen molar-refractivity contribution >= 4 is 34.7 Å². The molecule has 34 heavy (non-hydrogen) atoms. The van der Waals surface area contributed by atoms with Gasteiger partial charge in [-0.3, -0.25) is 9.36 Å². The van der Waals surface area contributed by atoms with E-state index in [1.165, 1.54) is 12.1 Å². The van der Waals surface area contributed by atoms with Gasteiger partial charge in [-0.25, -0.2) is 14.4 Å². The van der Waals surface area contributed by atoms with Crippen LogP contribution in [0.3, 0.4) is 0 Å². The largest absolute Gasteiger partial charge is 0.481 e. The first kappa shape index (κ1) is 22.5. The van der Waals surface area contributed by atoms with Crippen LogP contribution in [-0.4, -0.2) is 49.9 Å². The fourth-order valence-corrected chi connectivity index (χ4v) is 4.79. The van der Waals surface area contributed by atoms with Gasteiger partial charge in [0.2, 0.25) is 11.9 Å². The van der Waals surface area contributed by atoms with Gasteiger partial charge in [0, 0.05) is 31.0 Å². The predicted molar refractivity (Wildman–Crippen MR) is 126 cm³/mol. The van der Waals surface area contributed by atoms with E-state index in [9.17, 15) is 14.3 Å². The summed E-state index contributed by atoms with van der Waals surface area (Å²) in [5, 5.41) is 16.4. The molecular formula is C24H29FN6O3. The normalized spacial score (nSPS) is 23.6. The minimum Gasteiger partial charge on any atom is -0.481 e. The number of carbonyl (C=O) groups is 1. The van der Waals surface area contributed by atoms with Gasteiger partial charge in [0.1, 0.15) is 11.3 Å². The van der Waals surface area contributed by atoms with E-state index in [0.29, 0.717) is 67.6 Å². The molecule has 0 radical (unpaired) electrons. The zero-order valence-electron chi connectivity index (χ0n) is 19.1. The number of benzene rings is 1. The molecule has 0 bridgehead atoms. The summed E-state index contributed by atoms with van der Waals surface area (Å²) < 4.78 is 20.9. The van der Waals surface area contributed by atoms with Gasteiger partial charge in [-0.15, -0.1) is 0 Å². The van der Waals surface area contributed by atoms with Crippen LogP contribution in [0.4, 0.5) is 22.0 Å². The molecule has 3 aromatic rings. The van der Waals surface area contributed by atoms with Crippen molar-refractivity contribution in [1.82, 2.24) is 19.5 Å². The highest BCUT2D eigenvalue weighted by atomic mass is 19.1. The molecule has 2 aliphatic rings. The molecule has 1 aromatic carbocycles. The number of hydrogen-bond acceptors (Lipinski definition) is 7. The van der Waals surface area contributed by atoms with Gasteiger partial charge in [-0.2, -0.15) is 4.98 Å². The number of nitrogens with one attached hydrogen (secondary N) is 2. The molecule has 3 heterocycles. The molecule has 2 aromatic heterocycles. The maximum atomic E-state index is 13.4. The quantitative estimate of drug-likeness (QED) is 0.484. The summed E-state index contributed by atoms with van der Waals surface area (Å²) >= 11 is 0. The summed E-state index contributed by atoms with van der Waals surface area (Å²) in [6.45, 7) is 3.25. The number of hydrogen-bond donors (Lipinski definition) is 3. The van der Waals surface area contributed by atoms with E-state index < -0.39 is 11.4 Å². The summed E-state index contributed by atoms with van der Waals surface area (Å²) in [7, 11) is 0. The van der Waals surface area contributed by atoms with Crippen molar-refractivity contribution in [2.45, 2.75) is 57.5 Å². The second kappa shape index (κ2) is 9.17. The van der Waals surface area contributed by atoms with E-state index in [1.807, 2.05) is 6.92 Å². The number of carboxylic acid groups (broad SMARTS) is 1. The number of aliphatic carboxylic acids is 1. The van der Waals surface area contributed by atoms with E-state index >= 15 is 0 Å². The topological polar surface area (TPSA) is 114 Å². The number of rotatable bonds is 6. The SMILES string of the molecule is CC1(C(=O)O)CCC(n2c(Nc3ccc(F)cc3)nc3cnc(NC4CCOCC4)nc32)CC1. The van der Waals surface area contributed by atoms with E-state index in [4.69, 9.17) is 14.7 Å². The van der Waals surface area contributed by atoms with Crippen molar-refractivity contribution in [3.63, 3.8) is 0 Å². The number of fused-ring (bicyclic) bond motifs is 1. The Kier molecular flexibility index (Phi) is 6.07. The highest BCUT2D eigenvalue weighted by molar-refractivity contribution is 5.77. The molecule has 1 aliphatic heterocycles. The van der Waals surface area contributed by atoms with Gasteiger partial charge < -0.3 is 20.5 Å². The van der Waals surface area contributed by atoms with Crippen LogP contribution in [0.15, 0.2) is 30.5 Å². The van der Waals surface area contributed by atoms with Crippen molar-refractivity contribution in [2.24, 2.45) is 5.41 Å². The Morgan fingerprint density at radius 3 is 2.53 bits per heavy atom. The second-order valence-corrected chi connectivity index (χ2v) is 9.47. The van der Waals surface area contributed by atoms with E-state index in [-0.39, 0.29) is 17.9 Å². The number of aromatic nitrogens is 4. The lowest BCUT2D eigenvalue weighted by molar-refractivity contribution is -0.150. The highest BCUT2D eigenvalue weighted by Crippen LogP contribution is 2.43. The Morgan fingerprint density at radius 1 is 1.15 bits per heavy atom. The molecule has 0 amide bonds. The Morgan fingerprint density at radius 2 is 1.85 bits per heavy atom. The van der Waals surface area contributed by atoms with Gasteiger partial charge >= 0.3 is 5.97 Å².